The van der Waals surface area contributed by atoms with Gasteiger partial charge in [0.15, 0.2) is 4.96 Å². The topological polar surface area (TPSA) is 72.7 Å². The number of carbonyl (C=O) groups excluding carboxylic acids is 1. The minimum Gasteiger partial charge on any atom is -0.406 e. The van der Waals surface area contributed by atoms with E-state index in [1.807, 2.05) is 0 Å². The number of hydrogen-bond donors (Lipinski definition) is 1. The van der Waals surface area contributed by atoms with E-state index in [-0.39, 0.29) is 18.0 Å². The molecule has 1 amide bonds. The van der Waals surface area contributed by atoms with Gasteiger partial charge in [0.25, 0.3) is 11.5 Å². The molecule has 0 aliphatic heterocycles. The van der Waals surface area contributed by atoms with Gasteiger partial charge in [-0.25, -0.2) is 0 Å². The third kappa shape index (κ3) is 4.15. The van der Waals surface area contributed by atoms with Gasteiger partial charge in [-0.1, -0.05) is 12.1 Å². The summed E-state index contributed by atoms with van der Waals surface area (Å²) in [4.78, 5) is 28.0. The van der Waals surface area contributed by atoms with Crippen molar-refractivity contribution in [1.82, 2.24) is 14.7 Å². The minimum atomic E-state index is -4.79. The van der Waals surface area contributed by atoms with Crippen molar-refractivity contribution >= 4 is 22.2 Å². The molecule has 0 aliphatic carbocycles. The molecule has 0 saturated carbocycles. The number of alkyl halides is 3. The predicted octanol–water partition coefficient (Wildman–Crippen LogP) is 2.58. The fraction of sp³-hybridized carbons (Fsp3) is 0.133. The summed E-state index contributed by atoms with van der Waals surface area (Å²) < 4.78 is 42.0. The molecule has 2 aromatic heterocycles. The van der Waals surface area contributed by atoms with Gasteiger partial charge in [-0.2, -0.15) is 4.98 Å². The number of amides is 1. The molecule has 0 fully saturated rings. The Balaban J connectivity index is 1.75. The maximum Gasteiger partial charge on any atom is 0.573 e. The van der Waals surface area contributed by atoms with Crippen LogP contribution in [0, 0.1) is 0 Å². The Morgan fingerprint density at radius 3 is 2.88 bits per heavy atom. The first-order valence-electron chi connectivity index (χ1n) is 6.92. The number of benzene rings is 1. The second-order valence-electron chi connectivity index (χ2n) is 4.91. The monoisotopic (exact) mass is 369 g/mol. The van der Waals surface area contributed by atoms with Crippen LogP contribution in [0.3, 0.4) is 0 Å². The summed E-state index contributed by atoms with van der Waals surface area (Å²) in [5.41, 5.74) is -0.0369. The van der Waals surface area contributed by atoms with E-state index in [1.165, 1.54) is 27.9 Å². The molecule has 3 rings (SSSR count). The number of carbonyl (C=O) groups is 1. The molecule has 2 heterocycles. The molecular weight excluding hydrogens is 359 g/mol. The molecule has 130 valence electrons. The molecule has 0 aliphatic rings. The lowest BCUT2D eigenvalue weighted by molar-refractivity contribution is -0.274. The van der Waals surface area contributed by atoms with Crippen molar-refractivity contribution in [1.29, 1.82) is 0 Å². The molecule has 0 atom stereocenters. The number of hydrogen-bond acceptors (Lipinski definition) is 5. The van der Waals surface area contributed by atoms with Crippen LogP contribution in [0.2, 0.25) is 0 Å². The van der Waals surface area contributed by atoms with Gasteiger partial charge in [0, 0.05) is 24.2 Å². The fourth-order valence-corrected chi connectivity index (χ4v) is 2.87. The first kappa shape index (κ1) is 17.0. The van der Waals surface area contributed by atoms with Crippen LogP contribution in [0.5, 0.6) is 5.75 Å². The molecule has 0 radical (unpaired) electrons. The average Bonchev–Trinajstić information content (AvgIpc) is 2.98. The summed E-state index contributed by atoms with van der Waals surface area (Å²) in [7, 11) is 0. The summed E-state index contributed by atoms with van der Waals surface area (Å²) in [6.07, 6.45) is -3.19. The van der Waals surface area contributed by atoms with Gasteiger partial charge in [-0.05, 0) is 17.7 Å². The molecule has 1 N–H and O–H groups in total. The van der Waals surface area contributed by atoms with Gasteiger partial charge in [0.1, 0.15) is 11.4 Å². The molecule has 1 aromatic carbocycles. The number of ether oxygens (including phenoxy) is 1. The first-order chi connectivity index (χ1) is 11.8. The zero-order valence-corrected chi connectivity index (χ0v) is 13.2. The van der Waals surface area contributed by atoms with Crippen molar-refractivity contribution in [2.75, 3.05) is 0 Å². The molecule has 3 aromatic rings. The maximum absolute atomic E-state index is 12.3. The minimum absolute atomic E-state index is 0.0312. The SMILES string of the molecule is O=C(NCc1cccc(OC(F)(F)F)c1)c1cc(=O)nc2sccn12. The molecular formula is C15H10F3N3O3S. The summed E-state index contributed by atoms with van der Waals surface area (Å²) in [5, 5.41) is 4.23. The summed E-state index contributed by atoms with van der Waals surface area (Å²) in [6, 6.07) is 6.36. The van der Waals surface area contributed by atoms with Crippen LogP contribution in [0.25, 0.3) is 4.96 Å². The van der Waals surface area contributed by atoms with E-state index in [2.05, 4.69) is 15.0 Å². The number of nitrogens with zero attached hydrogens (tertiary/aromatic N) is 2. The van der Waals surface area contributed by atoms with E-state index in [9.17, 15) is 22.8 Å². The predicted molar refractivity (Wildman–Crippen MR) is 83.6 cm³/mol. The lowest BCUT2D eigenvalue weighted by Gasteiger charge is -2.11. The first-order valence-corrected chi connectivity index (χ1v) is 7.79. The van der Waals surface area contributed by atoms with E-state index in [0.29, 0.717) is 10.5 Å². The van der Waals surface area contributed by atoms with Gasteiger partial charge in [0.05, 0.1) is 0 Å². The highest BCUT2D eigenvalue weighted by Gasteiger charge is 2.31. The van der Waals surface area contributed by atoms with Gasteiger partial charge in [0.2, 0.25) is 0 Å². The quantitative estimate of drug-likeness (QED) is 0.767. The second kappa shape index (κ2) is 6.55. The molecule has 10 heteroatoms. The van der Waals surface area contributed by atoms with Crippen LogP contribution >= 0.6 is 11.3 Å². The number of thiazole rings is 1. The largest absolute Gasteiger partial charge is 0.573 e. The van der Waals surface area contributed by atoms with Crippen molar-refractivity contribution in [3.05, 3.63) is 63.5 Å². The third-order valence-electron chi connectivity index (χ3n) is 3.13. The molecule has 0 bridgehead atoms. The Morgan fingerprint density at radius 2 is 2.12 bits per heavy atom. The van der Waals surface area contributed by atoms with Crippen LogP contribution in [0.1, 0.15) is 16.1 Å². The summed E-state index contributed by atoms with van der Waals surface area (Å²) in [5.74, 6) is -0.922. The Kier molecular flexibility index (Phi) is 4.45. The number of rotatable bonds is 4. The smallest absolute Gasteiger partial charge is 0.406 e. The van der Waals surface area contributed by atoms with Crippen molar-refractivity contribution in [3.63, 3.8) is 0 Å². The van der Waals surface area contributed by atoms with Crippen LogP contribution in [0.15, 0.2) is 46.7 Å². The normalized spacial score (nSPS) is 11.5. The summed E-state index contributed by atoms with van der Waals surface area (Å²) >= 11 is 1.20. The Labute approximate surface area is 142 Å². The number of aromatic nitrogens is 2. The van der Waals surface area contributed by atoms with Crippen LogP contribution in [0.4, 0.5) is 13.2 Å². The van der Waals surface area contributed by atoms with Gasteiger partial charge in [-0.3, -0.25) is 14.0 Å². The van der Waals surface area contributed by atoms with Gasteiger partial charge < -0.3 is 10.1 Å². The highest BCUT2D eigenvalue weighted by atomic mass is 32.1. The lowest BCUT2D eigenvalue weighted by Crippen LogP contribution is -2.27. The molecule has 0 unspecified atom stereocenters. The van der Waals surface area contributed by atoms with Crippen molar-refractivity contribution in [3.8, 4) is 5.75 Å². The van der Waals surface area contributed by atoms with E-state index < -0.39 is 17.8 Å². The number of halogens is 3. The van der Waals surface area contributed by atoms with E-state index in [0.717, 1.165) is 12.1 Å². The Hall–Kier alpha value is -2.88. The average molecular weight is 369 g/mol. The fourth-order valence-electron chi connectivity index (χ4n) is 2.15. The lowest BCUT2D eigenvalue weighted by atomic mass is 10.2. The van der Waals surface area contributed by atoms with E-state index in [4.69, 9.17) is 0 Å². The Bertz CT molecular complexity index is 981. The Morgan fingerprint density at radius 1 is 1.32 bits per heavy atom. The van der Waals surface area contributed by atoms with Crippen molar-refractivity contribution < 1.29 is 22.7 Å². The summed E-state index contributed by atoms with van der Waals surface area (Å²) in [6.45, 7) is -0.0312. The zero-order valence-electron chi connectivity index (χ0n) is 12.4. The van der Waals surface area contributed by atoms with E-state index in [1.54, 1.807) is 17.6 Å². The van der Waals surface area contributed by atoms with Crippen molar-refractivity contribution in [2.45, 2.75) is 12.9 Å². The van der Waals surface area contributed by atoms with Crippen LogP contribution in [-0.2, 0) is 6.54 Å². The van der Waals surface area contributed by atoms with E-state index >= 15 is 0 Å². The third-order valence-corrected chi connectivity index (χ3v) is 3.89. The number of nitrogens with one attached hydrogen (secondary N) is 1. The second-order valence-corrected chi connectivity index (χ2v) is 5.79. The molecule has 6 nitrogen and oxygen atoms in total. The zero-order chi connectivity index (χ0) is 18.0. The standard InChI is InChI=1S/C15H10F3N3O3S/c16-15(17,18)24-10-3-1-2-9(6-10)8-19-13(23)11-7-12(22)20-14-21(11)4-5-25-14/h1-7H,8H2,(H,19,23). The van der Waals surface area contributed by atoms with Crippen LogP contribution in [-0.4, -0.2) is 21.7 Å². The highest BCUT2D eigenvalue weighted by molar-refractivity contribution is 7.15. The van der Waals surface area contributed by atoms with Gasteiger partial charge in [-0.15, -0.1) is 24.5 Å². The maximum atomic E-state index is 12.3. The van der Waals surface area contributed by atoms with Gasteiger partial charge >= 0.3 is 6.36 Å². The number of fused-ring (bicyclic) bond motifs is 1. The highest BCUT2D eigenvalue weighted by Crippen LogP contribution is 2.23. The van der Waals surface area contributed by atoms with Crippen molar-refractivity contribution in [2.24, 2.45) is 0 Å². The molecule has 0 spiro atoms. The van der Waals surface area contributed by atoms with Crippen LogP contribution < -0.4 is 15.6 Å². The molecule has 0 saturated heterocycles. The molecule has 25 heavy (non-hydrogen) atoms.